The summed E-state index contributed by atoms with van der Waals surface area (Å²) in [4.78, 5) is 39.9. The molecule has 0 bridgehead atoms. The van der Waals surface area contributed by atoms with Crippen LogP contribution in [0.5, 0.6) is 23.0 Å². The molecule has 4 aromatic carbocycles. The van der Waals surface area contributed by atoms with Gasteiger partial charge in [0.1, 0.15) is 26.4 Å². The van der Waals surface area contributed by atoms with Crippen molar-refractivity contribution in [1.82, 2.24) is 19.6 Å². The van der Waals surface area contributed by atoms with Gasteiger partial charge >= 0.3 is 12.1 Å². The summed E-state index contributed by atoms with van der Waals surface area (Å²) in [5.74, 6) is 1.88. The van der Waals surface area contributed by atoms with E-state index in [0.29, 0.717) is 155 Å². The topological polar surface area (TPSA) is 195 Å². The molecule has 0 aromatic heterocycles. The number of fused-ring (bicyclic) bond motifs is 4. The number of hydrogen-bond acceptors (Lipinski definition) is 18. The second kappa shape index (κ2) is 30.6. The Morgan fingerprint density at radius 3 is 0.634 bits per heavy atom. The van der Waals surface area contributed by atoms with Gasteiger partial charge in [0.15, 0.2) is 34.3 Å². The lowest BCUT2D eigenvalue weighted by atomic mass is 9.79. The molecule has 0 radical (unpaired) electrons. The summed E-state index contributed by atoms with van der Waals surface area (Å²) in [6.07, 6.45) is 0. The molecular formula is C60H78N4O18. The van der Waals surface area contributed by atoms with Crippen LogP contribution in [-0.4, -0.2) is 217 Å². The highest BCUT2D eigenvalue weighted by Crippen LogP contribution is 2.65. The molecule has 0 spiro atoms. The van der Waals surface area contributed by atoms with Crippen LogP contribution in [-0.2, 0) is 94.3 Å². The van der Waals surface area contributed by atoms with Gasteiger partial charge in [0.05, 0.1) is 185 Å². The lowest BCUT2D eigenvalue weighted by Crippen LogP contribution is -2.62. The predicted octanol–water partition coefficient (Wildman–Crippen LogP) is 5.34. The predicted molar refractivity (Wildman–Crippen MR) is 294 cm³/mol. The first-order valence-corrected chi connectivity index (χ1v) is 28.7. The van der Waals surface area contributed by atoms with Crippen molar-refractivity contribution < 1.29 is 85.4 Å². The third-order valence-corrected chi connectivity index (χ3v) is 14.8. The highest BCUT2D eigenvalue weighted by molar-refractivity contribution is 5.90. The molecule has 0 N–H and O–H groups in total. The van der Waals surface area contributed by atoms with E-state index in [4.69, 9.17) is 75.8 Å². The van der Waals surface area contributed by atoms with E-state index in [1.807, 2.05) is 105 Å². The summed E-state index contributed by atoms with van der Waals surface area (Å²) in [7, 11) is 0. The minimum Gasteiger partial charge on any atom is -0.487 e. The number of ether oxygens (including phenoxy) is 16. The van der Waals surface area contributed by atoms with E-state index >= 15 is 9.59 Å². The Balaban J connectivity index is 0.969. The molecule has 0 unspecified atom stereocenters. The minimum absolute atomic E-state index is 0.129. The average molecular weight is 1140 g/mol. The molecule has 22 heteroatoms. The van der Waals surface area contributed by atoms with Crippen LogP contribution in [0, 0.1) is 0 Å². The first kappa shape index (κ1) is 59.3. The largest absolute Gasteiger partial charge is 0.487 e. The quantitative estimate of drug-likeness (QED) is 0.250. The molecule has 4 amide bonds. The maximum Gasteiger partial charge on any atom is 0.325 e. The van der Waals surface area contributed by atoms with Crippen molar-refractivity contribution in [2.24, 2.45) is 0 Å². The standard InChI is InChI=1S/C60H78N4O18/c65-57-61-43-47-39-53-54(80-36-32-76-28-24-72-20-16-68-12-11-67-15-19-71-23-27-75-31-35-79-53)40-48(47)44-62-58(66)64-46-50-42-56-55(81-37-33-77-29-25-73-21-17-69-13-14-70-18-22-74-26-30-78-34-38-82-56)41-49(50)45-63(57)60(64,52-9-5-2-6-10-52)59(61,62)51-7-3-1-4-8-51/h1-10,39-42H,11-38,43-46H2. The number of carbonyl (C=O) groups excluding carboxylic acids is 2. The fraction of sp³-hybridized carbons (Fsp3) is 0.567. The molecule has 22 nitrogen and oxygen atoms in total. The van der Waals surface area contributed by atoms with Crippen molar-refractivity contribution in [1.29, 1.82) is 0 Å². The van der Waals surface area contributed by atoms with Crippen LogP contribution >= 0.6 is 0 Å². The fourth-order valence-electron chi connectivity index (χ4n) is 11.2. The number of benzene rings is 4. The van der Waals surface area contributed by atoms with Crippen LogP contribution in [0.4, 0.5) is 9.59 Å². The van der Waals surface area contributed by atoms with E-state index in [-0.39, 0.29) is 91.1 Å². The molecule has 446 valence electrons. The molecule has 6 aliphatic rings. The zero-order valence-electron chi connectivity index (χ0n) is 46.8. The van der Waals surface area contributed by atoms with Gasteiger partial charge in [-0.05, 0) is 46.5 Å². The number of nitrogens with zero attached hydrogens (tertiary/aromatic N) is 4. The molecule has 0 atom stereocenters. The Morgan fingerprint density at radius 2 is 0.439 bits per heavy atom. The summed E-state index contributed by atoms with van der Waals surface area (Å²) < 4.78 is 94.7. The van der Waals surface area contributed by atoms with Gasteiger partial charge in [0, 0.05) is 11.1 Å². The van der Waals surface area contributed by atoms with Gasteiger partial charge in [-0.2, -0.15) is 0 Å². The lowest BCUT2D eigenvalue weighted by Gasteiger charge is -2.49. The third kappa shape index (κ3) is 13.9. The third-order valence-electron chi connectivity index (χ3n) is 14.8. The molecule has 6 heterocycles. The zero-order chi connectivity index (χ0) is 56.1. The summed E-state index contributed by atoms with van der Waals surface area (Å²) in [6, 6.07) is 27.0. The molecule has 4 aromatic rings. The van der Waals surface area contributed by atoms with E-state index < -0.39 is 11.3 Å². The number of carbonyl (C=O) groups is 2. The maximum atomic E-state index is 16.2. The molecule has 6 aliphatic heterocycles. The second-order valence-electron chi connectivity index (χ2n) is 19.9. The van der Waals surface area contributed by atoms with Crippen molar-refractivity contribution in [3.8, 4) is 23.0 Å². The van der Waals surface area contributed by atoms with Crippen LogP contribution in [0.25, 0.3) is 0 Å². The van der Waals surface area contributed by atoms with E-state index in [9.17, 15) is 0 Å². The fourth-order valence-corrected chi connectivity index (χ4v) is 11.2. The number of amides is 4. The molecule has 2 saturated heterocycles. The second-order valence-corrected chi connectivity index (χ2v) is 19.9. The van der Waals surface area contributed by atoms with E-state index in [1.54, 1.807) is 0 Å². The Kier molecular flexibility index (Phi) is 22.1. The Morgan fingerprint density at radius 1 is 0.256 bits per heavy atom. The number of urea groups is 2. The van der Waals surface area contributed by atoms with Crippen LogP contribution in [0.15, 0.2) is 84.9 Å². The van der Waals surface area contributed by atoms with Gasteiger partial charge in [-0.1, -0.05) is 60.7 Å². The SMILES string of the molecule is O=C1N2Cc3cc4c(cc3CN3C(=O)N5Cc6cc7c(cc6CN1C5(c1ccccc1)C23c1ccccc1)OCCOCCOCCOCCOCCOCCOCCO7)OCCOCCOCCOCCOCCOCCOCCO4. The first-order chi connectivity index (χ1) is 40.6. The van der Waals surface area contributed by atoms with Crippen LogP contribution in [0.2, 0.25) is 0 Å². The van der Waals surface area contributed by atoms with Crippen molar-refractivity contribution in [2.75, 3.05) is 185 Å². The highest BCUT2D eigenvalue weighted by atomic mass is 16.6. The minimum atomic E-state index is -1.41. The monoisotopic (exact) mass is 1140 g/mol. The van der Waals surface area contributed by atoms with E-state index in [2.05, 4.69) is 0 Å². The van der Waals surface area contributed by atoms with Gasteiger partial charge in [-0.15, -0.1) is 0 Å². The normalized spacial score (nSPS) is 24.6. The Hall–Kier alpha value is -5.86. The molecule has 0 aliphatic carbocycles. The van der Waals surface area contributed by atoms with Gasteiger partial charge in [-0.25, -0.2) is 9.59 Å². The average Bonchev–Trinajstić information content (AvgIpc) is 1.52. The lowest BCUT2D eigenvalue weighted by molar-refractivity contribution is -0.0793. The van der Waals surface area contributed by atoms with E-state index in [1.165, 1.54) is 0 Å². The van der Waals surface area contributed by atoms with Gasteiger partial charge in [-0.3, -0.25) is 19.6 Å². The highest BCUT2D eigenvalue weighted by Gasteiger charge is 2.80. The van der Waals surface area contributed by atoms with Gasteiger partial charge < -0.3 is 75.8 Å². The molecular weight excluding hydrogens is 1060 g/mol. The Labute approximate surface area is 479 Å². The Bertz CT molecular complexity index is 2320. The molecule has 2 fully saturated rings. The van der Waals surface area contributed by atoms with E-state index in [0.717, 1.165) is 33.4 Å². The molecule has 0 saturated carbocycles. The van der Waals surface area contributed by atoms with Crippen LogP contribution < -0.4 is 18.9 Å². The number of hydrogen-bond donors (Lipinski definition) is 0. The molecule has 82 heavy (non-hydrogen) atoms. The number of rotatable bonds is 2. The summed E-state index contributed by atoms with van der Waals surface area (Å²) in [5, 5.41) is 0. The van der Waals surface area contributed by atoms with Crippen molar-refractivity contribution in [3.05, 3.63) is 118 Å². The van der Waals surface area contributed by atoms with Crippen LogP contribution in [0.3, 0.4) is 0 Å². The first-order valence-electron chi connectivity index (χ1n) is 28.7. The van der Waals surface area contributed by atoms with Crippen molar-refractivity contribution in [3.63, 3.8) is 0 Å². The summed E-state index contributed by atoms with van der Waals surface area (Å²) in [5.41, 5.74) is 1.93. The molecule has 10 rings (SSSR count). The smallest absolute Gasteiger partial charge is 0.325 e. The van der Waals surface area contributed by atoms with Crippen molar-refractivity contribution in [2.45, 2.75) is 37.5 Å². The van der Waals surface area contributed by atoms with Crippen molar-refractivity contribution >= 4 is 12.1 Å². The summed E-state index contributed by atoms with van der Waals surface area (Å²) in [6.45, 7) is 11.0. The zero-order valence-corrected chi connectivity index (χ0v) is 46.8. The van der Waals surface area contributed by atoms with Crippen LogP contribution in [0.1, 0.15) is 33.4 Å². The van der Waals surface area contributed by atoms with Gasteiger partial charge in [0.2, 0.25) is 0 Å². The maximum absolute atomic E-state index is 16.2. The summed E-state index contributed by atoms with van der Waals surface area (Å²) >= 11 is 0. The van der Waals surface area contributed by atoms with Gasteiger partial charge in [0.25, 0.3) is 0 Å².